The lowest BCUT2D eigenvalue weighted by molar-refractivity contribution is 0.0779. The number of amides is 1. The van der Waals surface area contributed by atoms with Crippen molar-refractivity contribution in [3.05, 3.63) is 18.0 Å². The van der Waals surface area contributed by atoms with Crippen molar-refractivity contribution in [2.75, 3.05) is 26.8 Å². The predicted molar refractivity (Wildman–Crippen MR) is 74.5 cm³/mol. The fraction of sp³-hybridized carbons (Fsp3) is 0.583. The molecule has 1 saturated heterocycles. The van der Waals surface area contributed by atoms with E-state index in [1.807, 2.05) is 0 Å². The quantitative estimate of drug-likeness (QED) is 0.767. The monoisotopic (exact) mass is 320 g/mol. The number of aromatic nitrogens is 1. The van der Waals surface area contributed by atoms with Gasteiger partial charge in [0.05, 0.1) is 6.61 Å². The highest BCUT2D eigenvalue weighted by Gasteiger charge is 2.25. The first-order valence-electron chi connectivity index (χ1n) is 6.36. The smallest absolute Gasteiger partial charge is 0.270 e. The van der Waals surface area contributed by atoms with E-state index in [9.17, 15) is 13.2 Å². The minimum atomic E-state index is -3.85. The topological polar surface area (TPSA) is 68.6 Å². The summed E-state index contributed by atoms with van der Waals surface area (Å²) in [7, 11) is 3.04. The number of carbonyl (C=O) groups is 1. The van der Waals surface area contributed by atoms with Crippen LogP contribution in [0.2, 0.25) is 0 Å². The number of halogens is 1. The molecule has 1 aliphatic heterocycles. The van der Waals surface area contributed by atoms with Crippen LogP contribution in [0.3, 0.4) is 0 Å². The van der Waals surface area contributed by atoms with Crippen molar-refractivity contribution in [1.82, 2.24) is 9.47 Å². The van der Waals surface area contributed by atoms with Crippen molar-refractivity contribution in [3.8, 4) is 0 Å². The Morgan fingerprint density at radius 2 is 2.05 bits per heavy atom. The lowest BCUT2D eigenvalue weighted by Crippen LogP contribution is -2.29. The first-order valence-corrected chi connectivity index (χ1v) is 8.67. The summed E-state index contributed by atoms with van der Waals surface area (Å²) in [6.45, 7) is 2.20. The molecule has 2 heterocycles. The highest BCUT2D eigenvalue weighted by molar-refractivity contribution is 8.13. The number of hydrogen-bond donors (Lipinski definition) is 0. The Kier molecular flexibility index (Phi) is 4.72. The molecule has 0 aliphatic carbocycles. The van der Waals surface area contributed by atoms with Gasteiger partial charge in [-0.1, -0.05) is 0 Å². The molecule has 0 atom stereocenters. The van der Waals surface area contributed by atoms with E-state index in [0.717, 1.165) is 12.8 Å². The van der Waals surface area contributed by atoms with E-state index in [4.69, 9.17) is 15.4 Å². The van der Waals surface area contributed by atoms with Gasteiger partial charge in [-0.25, -0.2) is 8.42 Å². The molecule has 0 aromatic carbocycles. The number of hydrogen-bond acceptors (Lipinski definition) is 4. The van der Waals surface area contributed by atoms with Gasteiger partial charge in [-0.3, -0.25) is 4.79 Å². The van der Waals surface area contributed by atoms with Gasteiger partial charge in [0.2, 0.25) is 0 Å². The number of carbonyl (C=O) groups excluding carboxylic acids is 1. The second kappa shape index (κ2) is 6.15. The van der Waals surface area contributed by atoms with Gasteiger partial charge in [-0.15, -0.1) is 0 Å². The maximum atomic E-state index is 12.4. The molecule has 8 heteroatoms. The summed E-state index contributed by atoms with van der Waals surface area (Å²) >= 11 is 0. The van der Waals surface area contributed by atoms with Crippen LogP contribution in [0.4, 0.5) is 0 Å². The second-order valence-corrected chi connectivity index (χ2v) is 7.25. The summed E-state index contributed by atoms with van der Waals surface area (Å²) in [5.41, 5.74) is 0.336. The van der Waals surface area contributed by atoms with Crippen LogP contribution in [0.15, 0.2) is 17.2 Å². The van der Waals surface area contributed by atoms with Crippen molar-refractivity contribution in [1.29, 1.82) is 0 Å². The third-order valence-electron chi connectivity index (χ3n) is 3.30. The Bertz CT molecular complexity index is 591. The largest absolute Gasteiger partial charge is 0.383 e. The van der Waals surface area contributed by atoms with E-state index in [1.165, 1.54) is 12.3 Å². The molecule has 1 fully saturated rings. The maximum Gasteiger partial charge on any atom is 0.270 e. The van der Waals surface area contributed by atoms with Gasteiger partial charge in [-0.05, 0) is 18.9 Å². The highest BCUT2D eigenvalue weighted by Crippen LogP contribution is 2.21. The Morgan fingerprint density at radius 1 is 1.40 bits per heavy atom. The number of nitrogens with zero attached hydrogens (tertiary/aromatic N) is 2. The molecule has 1 aromatic heterocycles. The Balaban J connectivity index is 2.33. The van der Waals surface area contributed by atoms with E-state index in [2.05, 4.69) is 0 Å². The summed E-state index contributed by atoms with van der Waals surface area (Å²) in [5, 5.41) is 0. The first kappa shape index (κ1) is 15.3. The zero-order valence-electron chi connectivity index (χ0n) is 11.2. The Labute approximate surface area is 122 Å². The first-order chi connectivity index (χ1) is 9.43. The van der Waals surface area contributed by atoms with Gasteiger partial charge in [0, 0.05) is 43.6 Å². The van der Waals surface area contributed by atoms with Gasteiger partial charge in [0.15, 0.2) is 0 Å². The average Bonchev–Trinajstić information content (AvgIpc) is 3.03. The third kappa shape index (κ3) is 3.34. The molecule has 1 amide bonds. The lowest BCUT2D eigenvalue weighted by atomic mass is 10.3. The van der Waals surface area contributed by atoms with Crippen LogP contribution in [0.5, 0.6) is 0 Å². The summed E-state index contributed by atoms with van der Waals surface area (Å²) in [5.74, 6) is -0.162. The van der Waals surface area contributed by atoms with Crippen LogP contribution in [-0.2, 0) is 20.3 Å². The number of rotatable bonds is 5. The fourth-order valence-electron chi connectivity index (χ4n) is 2.25. The fourth-order valence-corrected chi connectivity index (χ4v) is 3.01. The van der Waals surface area contributed by atoms with Crippen LogP contribution in [0, 0.1) is 0 Å². The minimum absolute atomic E-state index is 0.0576. The maximum absolute atomic E-state index is 12.4. The van der Waals surface area contributed by atoms with E-state index in [-0.39, 0.29) is 10.8 Å². The molecule has 6 nitrogen and oxygen atoms in total. The summed E-state index contributed by atoms with van der Waals surface area (Å²) in [6, 6.07) is 1.33. The van der Waals surface area contributed by atoms with E-state index < -0.39 is 9.05 Å². The molecule has 0 saturated carbocycles. The van der Waals surface area contributed by atoms with Crippen molar-refractivity contribution in [2.24, 2.45) is 0 Å². The summed E-state index contributed by atoms with van der Waals surface area (Å²) in [6.07, 6.45) is 3.33. The molecule has 20 heavy (non-hydrogen) atoms. The van der Waals surface area contributed by atoms with Gasteiger partial charge >= 0.3 is 0 Å². The van der Waals surface area contributed by atoms with Crippen molar-refractivity contribution in [2.45, 2.75) is 24.3 Å². The molecule has 0 radical (unpaired) electrons. The predicted octanol–water partition coefficient (Wildman–Crippen LogP) is 1.30. The van der Waals surface area contributed by atoms with E-state index >= 15 is 0 Å². The lowest BCUT2D eigenvalue weighted by Gasteiger charge is -2.16. The SMILES string of the molecule is COCCn1cc(S(=O)(=O)Cl)cc1C(=O)N1CCCC1. The normalized spacial score (nSPS) is 15.8. The minimum Gasteiger partial charge on any atom is -0.383 e. The molecular formula is C12H17ClN2O4S. The van der Waals surface area contributed by atoms with Crippen LogP contribution in [-0.4, -0.2) is 50.6 Å². The second-order valence-electron chi connectivity index (χ2n) is 4.68. The molecule has 0 spiro atoms. The molecular weight excluding hydrogens is 304 g/mol. The van der Waals surface area contributed by atoms with E-state index in [0.29, 0.717) is 31.9 Å². The standard InChI is InChI=1S/C12H17ClN2O4S/c1-19-7-6-15-9-10(20(13,17)18)8-11(15)12(16)14-4-2-3-5-14/h8-9H,2-7H2,1H3. The molecule has 0 unspecified atom stereocenters. The zero-order chi connectivity index (χ0) is 14.8. The molecule has 0 N–H and O–H groups in total. The van der Waals surface area contributed by atoms with Crippen molar-refractivity contribution < 1.29 is 17.9 Å². The van der Waals surface area contributed by atoms with Crippen molar-refractivity contribution in [3.63, 3.8) is 0 Å². The number of methoxy groups -OCH3 is 1. The number of likely N-dealkylation sites (tertiary alicyclic amines) is 1. The molecule has 0 bridgehead atoms. The molecule has 1 aliphatic rings. The molecule has 1 aromatic rings. The van der Waals surface area contributed by atoms with Gasteiger partial charge in [0.25, 0.3) is 15.0 Å². The summed E-state index contributed by atoms with van der Waals surface area (Å²) < 4.78 is 29.4. The van der Waals surface area contributed by atoms with E-state index in [1.54, 1.807) is 16.6 Å². The van der Waals surface area contributed by atoms with Crippen LogP contribution in [0.25, 0.3) is 0 Å². The third-order valence-corrected chi connectivity index (χ3v) is 4.62. The van der Waals surface area contributed by atoms with Gasteiger partial charge in [-0.2, -0.15) is 0 Å². The van der Waals surface area contributed by atoms with Crippen LogP contribution >= 0.6 is 10.7 Å². The van der Waals surface area contributed by atoms with Gasteiger partial charge < -0.3 is 14.2 Å². The van der Waals surface area contributed by atoms with Gasteiger partial charge in [0.1, 0.15) is 10.6 Å². The molecule has 112 valence electrons. The summed E-state index contributed by atoms with van der Waals surface area (Å²) in [4.78, 5) is 14.1. The highest BCUT2D eigenvalue weighted by atomic mass is 35.7. The van der Waals surface area contributed by atoms with Crippen LogP contribution in [0.1, 0.15) is 23.3 Å². The molecule has 2 rings (SSSR count). The van der Waals surface area contributed by atoms with Crippen molar-refractivity contribution >= 4 is 25.6 Å². The average molecular weight is 321 g/mol. The Morgan fingerprint density at radius 3 is 2.60 bits per heavy atom. The van der Waals surface area contributed by atoms with Crippen LogP contribution < -0.4 is 0 Å². The Hall–Kier alpha value is -1.05. The number of ether oxygens (including phenoxy) is 1. The zero-order valence-corrected chi connectivity index (χ0v) is 12.8.